The molecule has 0 aromatic heterocycles. The van der Waals surface area contributed by atoms with E-state index in [-0.39, 0.29) is 34.7 Å². The van der Waals surface area contributed by atoms with Gasteiger partial charge < -0.3 is 29.9 Å². The first kappa shape index (κ1) is 41.8. The number of hydrogen-bond acceptors (Lipinski definition) is 8. The first-order valence-electron chi connectivity index (χ1n) is 18.8. The van der Waals surface area contributed by atoms with E-state index < -0.39 is 23.8 Å². The van der Waals surface area contributed by atoms with Crippen LogP contribution in [-0.4, -0.2) is 74.8 Å². The van der Waals surface area contributed by atoms with Crippen LogP contribution in [0.3, 0.4) is 0 Å². The monoisotopic (exact) mass is 818 g/mol. The molecule has 6 aromatic carbocycles. The minimum absolute atomic E-state index is 0.0106. The van der Waals surface area contributed by atoms with Gasteiger partial charge in [0.15, 0.2) is 0 Å². The summed E-state index contributed by atoms with van der Waals surface area (Å²) in [5.41, 5.74) is 2.27. The molecule has 0 radical (unpaired) electrons. The lowest BCUT2D eigenvalue weighted by Gasteiger charge is -2.25. The van der Waals surface area contributed by atoms with Crippen LogP contribution in [-0.2, 0) is 9.59 Å². The quantitative estimate of drug-likeness (QED) is 0.0638. The number of amides is 2. The summed E-state index contributed by atoms with van der Waals surface area (Å²) in [7, 11) is 7.84. The van der Waals surface area contributed by atoms with Crippen molar-refractivity contribution in [3.63, 3.8) is 0 Å². The topological polar surface area (TPSA) is 117 Å². The maximum absolute atomic E-state index is 13.9. The van der Waals surface area contributed by atoms with Gasteiger partial charge in [-0.15, -0.1) is 0 Å². The molecule has 0 saturated carbocycles. The number of nitrogens with zero attached hydrogens (tertiary/aromatic N) is 2. The molecule has 10 nitrogen and oxygen atoms in total. The van der Waals surface area contributed by atoms with Crippen molar-refractivity contribution >= 4 is 68.5 Å². The van der Waals surface area contributed by atoms with E-state index in [0.717, 1.165) is 21.9 Å². The molecule has 0 saturated heterocycles. The number of halogens is 2. The molecule has 0 aliphatic carbocycles. The van der Waals surface area contributed by atoms with Gasteiger partial charge in [0.05, 0.1) is 11.1 Å². The minimum Gasteiger partial charge on any atom is -0.417 e. The molecule has 12 heteroatoms. The number of benzene rings is 6. The molecule has 2 atom stereocenters. The standard InChI is InChI=1S/C46H44Cl2N4O6/c1-51(2)37(31-13-19-33(47)20-14-31)25-27-49-43(53)41-35-11-7-5-9-29(35)17-23-39(41)57-45(55)46(56)58-40-24-18-30-10-6-8-12-36(30)42(40)44(54)50-28-26-38(52(3)4)32-15-21-34(48)22-16-32/h5-24,37-38H,25-28H2,1-4H3,(H,49,53)(H,50,54). The van der Waals surface area contributed by atoms with E-state index in [0.29, 0.717) is 46.7 Å². The molecule has 298 valence electrons. The molecule has 0 heterocycles. The Hall–Kier alpha value is -5.78. The third-order valence-electron chi connectivity index (χ3n) is 9.97. The Kier molecular flexibility index (Phi) is 13.8. The Balaban J connectivity index is 1.18. The summed E-state index contributed by atoms with van der Waals surface area (Å²) in [6.07, 6.45) is 1.15. The molecular weight excluding hydrogens is 775 g/mol. The second kappa shape index (κ2) is 19.1. The number of carbonyl (C=O) groups excluding carboxylic acids is 4. The van der Waals surface area contributed by atoms with Gasteiger partial charge in [-0.2, -0.15) is 0 Å². The molecule has 6 aromatic rings. The van der Waals surface area contributed by atoms with E-state index in [1.807, 2.05) is 101 Å². The summed E-state index contributed by atoms with van der Waals surface area (Å²) in [5, 5.41) is 9.73. The van der Waals surface area contributed by atoms with E-state index >= 15 is 0 Å². The van der Waals surface area contributed by atoms with Gasteiger partial charge in [-0.05, 0) is 110 Å². The molecule has 2 N–H and O–H groups in total. The fraction of sp³-hybridized carbons (Fsp3) is 0.217. The lowest BCUT2D eigenvalue weighted by atomic mass is 10.0. The smallest absolute Gasteiger partial charge is 0.417 e. The van der Waals surface area contributed by atoms with Crippen LogP contribution in [0, 0.1) is 0 Å². The van der Waals surface area contributed by atoms with Gasteiger partial charge in [-0.1, -0.05) is 108 Å². The zero-order valence-corrected chi connectivity index (χ0v) is 34.1. The zero-order valence-electron chi connectivity index (χ0n) is 32.6. The van der Waals surface area contributed by atoms with Crippen LogP contribution in [0.1, 0.15) is 56.8 Å². The average Bonchev–Trinajstić information content (AvgIpc) is 3.21. The van der Waals surface area contributed by atoms with Crippen molar-refractivity contribution in [3.05, 3.63) is 154 Å². The Morgan fingerprint density at radius 2 is 0.879 bits per heavy atom. The number of esters is 2. The van der Waals surface area contributed by atoms with Crippen molar-refractivity contribution < 1.29 is 28.7 Å². The molecule has 0 spiro atoms. The van der Waals surface area contributed by atoms with Crippen molar-refractivity contribution in [1.82, 2.24) is 20.4 Å². The van der Waals surface area contributed by atoms with E-state index in [2.05, 4.69) is 20.4 Å². The fourth-order valence-corrected chi connectivity index (χ4v) is 7.31. The molecule has 2 amide bonds. The second-order valence-electron chi connectivity index (χ2n) is 14.2. The maximum Gasteiger partial charge on any atom is 0.423 e. The van der Waals surface area contributed by atoms with E-state index in [1.165, 1.54) is 12.1 Å². The van der Waals surface area contributed by atoms with Crippen LogP contribution in [0.2, 0.25) is 10.0 Å². The zero-order chi connectivity index (χ0) is 41.3. The highest BCUT2D eigenvalue weighted by molar-refractivity contribution is 6.32. The van der Waals surface area contributed by atoms with Gasteiger partial charge >= 0.3 is 11.9 Å². The normalized spacial score (nSPS) is 12.3. The number of fused-ring (bicyclic) bond motifs is 2. The van der Waals surface area contributed by atoms with Gasteiger partial charge in [-0.3, -0.25) is 9.59 Å². The first-order chi connectivity index (χ1) is 27.9. The van der Waals surface area contributed by atoms with Crippen molar-refractivity contribution in [3.8, 4) is 11.5 Å². The van der Waals surface area contributed by atoms with E-state index in [4.69, 9.17) is 32.7 Å². The number of nitrogens with one attached hydrogen (secondary N) is 2. The van der Waals surface area contributed by atoms with Crippen LogP contribution < -0.4 is 20.1 Å². The highest BCUT2D eigenvalue weighted by atomic mass is 35.5. The molecule has 6 rings (SSSR count). The maximum atomic E-state index is 13.9. The van der Waals surface area contributed by atoms with Gasteiger partial charge in [-0.25, -0.2) is 9.59 Å². The third-order valence-corrected chi connectivity index (χ3v) is 10.5. The first-order valence-corrected chi connectivity index (χ1v) is 19.5. The van der Waals surface area contributed by atoms with E-state index in [9.17, 15) is 19.2 Å². The van der Waals surface area contributed by atoms with Crippen LogP contribution in [0.15, 0.2) is 121 Å². The molecule has 0 aliphatic rings. The van der Waals surface area contributed by atoms with Crippen LogP contribution in [0.4, 0.5) is 0 Å². The minimum atomic E-state index is -1.36. The molecule has 0 fully saturated rings. The summed E-state index contributed by atoms with van der Waals surface area (Å²) in [6, 6.07) is 35.8. The largest absolute Gasteiger partial charge is 0.423 e. The van der Waals surface area contributed by atoms with Crippen LogP contribution >= 0.6 is 23.2 Å². The van der Waals surface area contributed by atoms with Crippen molar-refractivity contribution in [2.75, 3.05) is 41.3 Å². The van der Waals surface area contributed by atoms with Gasteiger partial charge in [0.2, 0.25) is 0 Å². The molecule has 0 bridgehead atoms. The predicted molar refractivity (Wildman–Crippen MR) is 229 cm³/mol. The number of ether oxygens (including phenoxy) is 2. The number of carbonyl (C=O) groups is 4. The highest BCUT2D eigenvalue weighted by Gasteiger charge is 2.27. The fourth-order valence-electron chi connectivity index (χ4n) is 7.06. The van der Waals surface area contributed by atoms with E-state index in [1.54, 1.807) is 36.4 Å². The number of rotatable bonds is 14. The Morgan fingerprint density at radius 1 is 0.517 bits per heavy atom. The van der Waals surface area contributed by atoms with Crippen molar-refractivity contribution in [2.45, 2.75) is 24.9 Å². The average molecular weight is 820 g/mol. The molecule has 58 heavy (non-hydrogen) atoms. The van der Waals surface area contributed by atoms with Crippen molar-refractivity contribution in [2.24, 2.45) is 0 Å². The van der Waals surface area contributed by atoms with Crippen molar-refractivity contribution in [1.29, 1.82) is 0 Å². The molecule has 0 aliphatic heterocycles. The summed E-state index contributed by atoms with van der Waals surface area (Å²) in [4.78, 5) is 58.7. The summed E-state index contributed by atoms with van der Waals surface area (Å²) < 4.78 is 11.2. The Labute approximate surface area is 347 Å². The predicted octanol–water partition coefficient (Wildman–Crippen LogP) is 8.66. The Morgan fingerprint density at radius 3 is 1.24 bits per heavy atom. The van der Waals surface area contributed by atoms with Crippen LogP contribution in [0.5, 0.6) is 11.5 Å². The lowest BCUT2D eigenvalue weighted by Crippen LogP contribution is -2.31. The summed E-state index contributed by atoms with van der Waals surface area (Å²) >= 11 is 12.2. The van der Waals surface area contributed by atoms with Gasteiger partial charge in [0.1, 0.15) is 11.5 Å². The van der Waals surface area contributed by atoms with Gasteiger partial charge in [0, 0.05) is 35.2 Å². The SMILES string of the molecule is CN(C)C(CCNC(=O)c1c(OC(=O)C(=O)Oc2ccc3ccccc3c2C(=O)NCCC(c2ccc(Cl)cc2)N(C)C)ccc2ccccc12)c1ccc(Cl)cc1. The summed E-state index contributed by atoms with van der Waals surface area (Å²) in [5.74, 6) is -3.93. The van der Waals surface area contributed by atoms with Crippen LogP contribution in [0.25, 0.3) is 21.5 Å². The lowest BCUT2D eigenvalue weighted by molar-refractivity contribution is -0.156. The second-order valence-corrected chi connectivity index (χ2v) is 15.1. The molecule has 2 unspecified atom stereocenters. The Bertz CT molecular complexity index is 2270. The molecular formula is C46H44Cl2N4O6. The highest BCUT2D eigenvalue weighted by Crippen LogP contribution is 2.31. The number of hydrogen-bond donors (Lipinski definition) is 2. The summed E-state index contributed by atoms with van der Waals surface area (Å²) in [6.45, 7) is 0.597. The third kappa shape index (κ3) is 10.0. The van der Waals surface area contributed by atoms with Gasteiger partial charge in [0.25, 0.3) is 11.8 Å².